The van der Waals surface area contributed by atoms with E-state index in [-0.39, 0.29) is 35.5 Å². The van der Waals surface area contributed by atoms with Gasteiger partial charge in [0.15, 0.2) is 0 Å². The standard InChI is InChI=1S/C11H16N2O2/c1-7-4-3-5-9(11(7)15)6-10(14)8(2)13-12/h7,9H,3-6H2,1-2H3. The summed E-state index contributed by atoms with van der Waals surface area (Å²) in [5.74, 6) is -0.147. The third-order valence-electron chi connectivity index (χ3n) is 3.06. The molecule has 1 aliphatic rings. The third-order valence-corrected chi connectivity index (χ3v) is 3.06. The molecule has 1 fully saturated rings. The number of ketones is 2. The molecule has 4 nitrogen and oxygen atoms in total. The lowest BCUT2D eigenvalue weighted by Gasteiger charge is -2.24. The fourth-order valence-electron chi connectivity index (χ4n) is 1.99. The Morgan fingerprint density at radius 2 is 2.20 bits per heavy atom. The van der Waals surface area contributed by atoms with Gasteiger partial charge in [0.05, 0.1) is 0 Å². The van der Waals surface area contributed by atoms with Gasteiger partial charge in [0.2, 0.25) is 5.78 Å². The molecule has 0 aromatic rings. The molecule has 0 radical (unpaired) electrons. The van der Waals surface area contributed by atoms with E-state index in [2.05, 4.69) is 4.79 Å². The van der Waals surface area contributed by atoms with Crippen LogP contribution in [0, 0.1) is 11.8 Å². The Bertz CT molecular complexity index is 329. The molecule has 0 aromatic heterocycles. The van der Waals surface area contributed by atoms with Crippen molar-refractivity contribution in [3.63, 3.8) is 0 Å². The molecule has 0 amide bonds. The maximum absolute atomic E-state index is 11.7. The molecule has 0 aliphatic heterocycles. The topological polar surface area (TPSA) is 70.5 Å². The third kappa shape index (κ3) is 2.83. The van der Waals surface area contributed by atoms with Crippen LogP contribution in [0.2, 0.25) is 0 Å². The lowest BCUT2D eigenvalue weighted by atomic mass is 9.78. The number of carbonyl (C=O) groups excluding carboxylic acids is 2. The fraction of sp³-hybridized carbons (Fsp3) is 0.727. The maximum Gasteiger partial charge on any atom is 0.331 e. The second kappa shape index (κ2) is 4.99. The average Bonchev–Trinajstić information content (AvgIpc) is 2.23. The molecular weight excluding hydrogens is 192 g/mol. The molecule has 1 aliphatic carbocycles. The van der Waals surface area contributed by atoms with Crippen LogP contribution in [0.4, 0.5) is 0 Å². The summed E-state index contributed by atoms with van der Waals surface area (Å²) in [6, 6.07) is 0. The molecule has 2 atom stereocenters. The van der Waals surface area contributed by atoms with E-state index >= 15 is 0 Å². The Balaban J connectivity index is 2.62. The van der Waals surface area contributed by atoms with Gasteiger partial charge in [-0.3, -0.25) is 9.59 Å². The molecule has 15 heavy (non-hydrogen) atoms. The molecule has 0 aromatic carbocycles. The van der Waals surface area contributed by atoms with Gasteiger partial charge in [-0.2, -0.15) is 4.79 Å². The highest BCUT2D eigenvalue weighted by Crippen LogP contribution is 2.27. The molecule has 2 unspecified atom stereocenters. The lowest BCUT2D eigenvalue weighted by molar-refractivity contribution is -0.131. The van der Waals surface area contributed by atoms with Gasteiger partial charge in [-0.1, -0.05) is 13.3 Å². The summed E-state index contributed by atoms with van der Waals surface area (Å²) >= 11 is 0. The first-order valence-electron chi connectivity index (χ1n) is 5.31. The average molecular weight is 208 g/mol. The first-order valence-corrected chi connectivity index (χ1v) is 5.31. The monoisotopic (exact) mass is 208 g/mol. The van der Waals surface area contributed by atoms with Crippen LogP contribution in [-0.4, -0.2) is 22.1 Å². The zero-order valence-corrected chi connectivity index (χ0v) is 9.19. The summed E-state index contributed by atoms with van der Waals surface area (Å²) < 4.78 is 0. The second-order valence-corrected chi connectivity index (χ2v) is 4.24. The Morgan fingerprint density at radius 1 is 1.53 bits per heavy atom. The van der Waals surface area contributed by atoms with Crippen LogP contribution in [0.1, 0.15) is 39.5 Å². The van der Waals surface area contributed by atoms with E-state index in [1.165, 1.54) is 6.92 Å². The molecule has 1 saturated carbocycles. The van der Waals surface area contributed by atoms with Crippen molar-refractivity contribution < 1.29 is 14.4 Å². The number of nitrogens with zero attached hydrogens (tertiary/aromatic N) is 2. The van der Waals surface area contributed by atoms with Crippen LogP contribution < -0.4 is 0 Å². The van der Waals surface area contributed by atoms with Crippen molar-refractivity contribution in [3.8, 4) is 0 Å². The molecule has 4 heteroatoms. The van der Waals surface area contributed by atoms with Crippen LogP contribution in [0.3, 0.4) is 0 Å². The zero-order chi connectivity index (χ0) is 11.4. The predicted octanol–water partition coefficient (Wildman–Crippen LogP) is 1.64. The summed E-state index contributed by atoms with van der Waals surface area (Å²) in [7, 11) is 0. The van der Waals surface area contributed by atoms with Crippen molar-refractivity contribution in [2.45, 2.75) is 39.5 Å². The van der Waals surface area contributed by atoms with E-state index in [9.17, 15) is 9.59 Å². The number of rotatable bonds is 3. The van der Waals surface area contributed by atoms with Gasteiger partial charge in [-0.05, 0) is 12.8 Å². The highest BCUT2D eigenvalue weighted by Gasteiger charge is 2.31. The number of carbonyl (C=O) groups is 2. The first kappa shape index (κ1) is 11.8. The predicted molar refractivity (Wildman–Crippen MR) is 55.4 cm³/mol. The van der Waals surface area contributed by atoms with Gasteiger partial charge in [0, 0.05) is 25.2 Å². The Kier molecular flexibility index (Phi) is 3.92. The van der Waals surface area contributed by atoms with Crippen molar-refractivity contribution in [2.24, 2.45) is 11.8 Å². The summed E-state index contributed by atoms with van der Waals surface area (Å²) in [6.45, 7) is 3.37. The molecule has 0 bridgehead atoms. The lowest BCUT2D eigenvalue weighted by Crippen LogP contribution is -2.30. The van der Waals surface area contributed by atoms with E-state index in [4.69, 9.17) is 5.53 Å². The SMILES string of the molecule is CC(=[N+]=[N-])C(=O)CC1CCCC(C)C1=O. The van der Waals surface area contributed by atoms with Crippen molar-refractivity contribution in [2.75, 3.05) is 0 Å². The van der Waals surface area contributed by atoms with Crippen molar-refractivity contribution in [3.05, 3.63) is 5.53 Å². The van der Waals surface area contributed by atoms with Gasteiger partial charge in [-0.15, -0.1) is 0 Å². The second-order valence-electron chi connectivity index (χ2n) is 4.24. The summed E-state index contributed by atoms with van der Waals surface area (Å²) in [5, 5.41) is 0. The minimum Gasteiger partial charge on any atom is -0.361 e. The van der Waals surface area contributed by atoms with E-state index in [0.29, 0.717) is 0 Å². The Morgan fingerprint density at radius 3 is 2.80 bits per heavy atom. The largest absolute Gasteiger partial charge is 0.361 e. The quantitative estimate of drug-likeness (QED) is 0.402. The Hall–Kier alpha value is -1.28. The van der Waals surface area contributed by atoms with Crippen LogP contribution in [0.15, 0.2) is 0 Å². The van der Waals surface area contributed by atoms with Gasteiger partial charge in [-0.25, -0.2) is 0 Å². The highest BCUT2D eigenvalue weighted by molar-refractivity contribution is 6.36. The summed E-state index contributed by atoms with van der Waals surface area (Å²) in [4.78, 5) is 26.0. The van der Waals surface area contributed by atoms with Crippen molar-refractivity contribution >= 4 is 17.3 Å². The molecule has 0 spiro atoms. The highest BCUT2D eigenvalue weighted by atomic mass is 16.1. The van der Waals surface area contributed by atoms with E-state index in [1.807, 2.05) is 6.92 Å². The van der Waals surface area contributed by atoms with E-state index < -0.39 is 0 Å². The minimum absolute atomic E-state index is 0.0721. The number of hydrogen-bond acceptors (Lipinski definition) is 2. The maximum atomic E-state index is 11.7. The zero-order valence-electron chi connectivity index (χ0n) is 9.19. The van der Waals surface area contributed by atoms with E-state index in [0.717, 1.165) is 19.3 Å². The van der Waals surface area contributed by atoms with Crippen LogP contribution in [-0.2, 0) is 9.59 Å². The first-order chi connectivity index (χ1) is 7.06. The minimum atomic E-state index is -0.232. The molecular formula is C11H16N2O2. The van der Waals surface area contributed by atoms with Gasteiger partial charge in [0.25, 0.3) is 0 Å². The van der Waals surface area contributed by atoms with Gasteiger partial charge >= 0.3 is 5.71 Å². The Labute approximate surface area is 89.3 Å². The molecule has 0 saturated heterocycles. The van der Waals surface area contributed by atoms with Gasteiger partial charge < -0.3 is 5.53 Å². The fourth-order valence-corrected chi connectivity index (χ4v) is 1.99. The summed E-state index contributed by atoms with van der Waals surface area (Å²) in [5.41, 5.74) is 8.52. The smallest absolute Gasteiger partial charge is 0.331 e. The molecule has 0 heterocycles. The van der Waals surface area contributed by atoms with Crippen LogP contribution in [0.25, 0.3) is 5.53 Å². The van der Waals surface area contributed by atoms with E-state index in [1.54, 1.807) is 0 Å². The molecule has 0 N–H and O–H groups in total. The van der Waals surface area contributed by atoms with Crippen molar-refractivity contribution in [1.29, 1.82) is 0 Å². The number of Topliss-reactive ketones (excluding diaryl/α,β-unsaturated/α-hetero) is 2. The molecule has 82 valence electrons. The van der Waals surface area contributed by atoms with Gasteiger partial charge in [0.1, 0.15) is 5.78 Å². The normalized spacial score (nSPS) is 25.9. The number of hydrogen-bond donors (Lipinski definition) is 0. The van der Waals surface area contributed by atoms with Crippen molar-refractivity contribution in [1.82, 2.24) is 0 Å². The van der Waals surface area contributed by atoms with Crippen LogP contribution >= 0.6 is 0 Å². The molecule has 1 rings (SSSR count). The van der Waals surface area contributed by atoms with Crippen LogP contribution in [0.5, 0.6) is 0 Å². The summed E-state index contributed by atoms with van der Waals surface area (Å²) in [6.07, 6.45) is 2.91.